The Morgan fingerprint density at radius 2 is 1.68 bits per heavy atom. The zero-order valence-electron chi connectivity index (χ0n) is 15.8. The van der Waals surface area contributed by atoms with Gasteiger partial charge in [-0.3, -0.25) is 0 Å². The maximum Gasteiger partial charge on any atom is 0.491 e. The van der Waals surface area contributed by atoms with Gasteiger partial charge in [0, 0.05) is 5.75 Å². The second-order valence-electron chi connectivity index (χ2n) is 8.16. The monoisotopic (exact) mass is 359 g/mol. The van der Waals surface area contributed by atoms with Gasteiger partial charge < -0.3 is 14.6 Å². The van der Waals surface area contributed by atoms with Gasteiger partial charge in [-0.25, -0.2) is 0 Å². The van der Waals surface area contributed by atoms with Crippen LogP contribution in [0.3, 0.4) is 0 Å². The Balaban J connectivity index is 1.74. The van der Waals surface area contributed by atoms with Gasteiger partial charge in [0.15, 0.2) is 0 Å². The number of hydrogen-bond donors (Lipinski definition) is 2. The quantitative estimate of drug-likeness (QED) is 0.627. The van der Waals surface area contributed by atoms with E-state index in [0.29, 0.717) is 11.7 Å². The van der Waals surface area contributed by atoms with E-state index in [4.69, 9.17) is 9.31 Å². The molecule has 2 aliphatic heterocycles. The largest absolute Gasteiger partial charge is 0.491 e. The van der Waals surface area contributed by atoms with Gasteiger partial charge in [0.2, 0.25) is 0 Å². The van der Waals surface area contributed by atoms with Crippen molar-refractivity contribution in [2.45, 2.75) is 57.7 Å². The molecule has 1 aromatic carbocycles. The minimum atomic E-state index is -0.327. The van der Waals surface area contributed by atoms with Crippen LogP contribution in [0.5, 0.6) is 0 Å². The number of piperidine rings is 1. The van der Waals surface area contributed by atoms with Crippen LogP contribution in [0.1, 0.15) is 57.6 Å². The molecule has 1 aromatic rings. The molecule has 0 radical (unpaired) electrons. The van der Waals surface area contributed by atoms with E-state index in [0.717, 1.165) is 18.6 Å². The van der Waals surface area contributed by atoms with Crippen LogP contribution in [0.4, 0.5) is 0 Å². The summed E-state index contributed by atoms with van der Waals surface area (Å²) in [5.41, 5.74) is 3.05. The number of rotatable bonds is 4. The molecule has 25 heavy (non-hydrogen) atoms. The van der Waals surface area contributed by atoms with Crippen LogP contribution in [0.25, 0.3) is 6.08 Å². The Labute approximate surface area is 158 Å². The van der Waals surface area contributed by atoms with Crippen molar-refractivity contribution < 1.29 is 9.31 Å². The van der Waals surface area contributed by atoms with Crippen molar-refractivity contribution >= 4 is 25.8 Å². The smallest absolute Gasteiger partial charge is 0.400 e. The second-order valence-corrected chi connectivity index (χ2v) is 8.47. The maximum atomic E-state index is 6.16. The van der Waals surface area contributed by atoms with Crippen molar-refractivity contribution in [3.8, 4) is 0 Å². The van der Waals surface area contributed by atoms with E-state index in [1.165, 1.54) is 24.0 Å². The number of thiol groups is 1. The van der Waals surface area contributed by atoms with E-state index in [1.54, 1.807) is 0 Å². The van der Waals surface area contributed by atoms with Crippen LogP contribution in [0, 0.1) is 0 Å². The number of nitrogens with one attached hydrogen (secondary N) is 1. The Kier molecular flexibility index (Phi) is 5.69. The molecule has 136 valence electrons. The normalized spacial score (nSPS) is 23.9. The lowest BCUT2D eigenvalue weighted by Gasteiger charge is -2.32. The van der Waals surface area contributed by atoms with E-state index in [-0.39, 0.29) is 18.3 Å². The van der Waals surface area contributed by atoms with Crippen molar-refractivity contribution in [2.75, 3.05) is 18.8 Å². The van der Waals surface area contributed by atoms with Gasteiger partial charge in [-0.1, -0.05) is 30.3 Å². The Morgan fingerprint density at radius 1 is 1.12 bits per heavy atom. The lowest BCUT2D eigenvalue weighted by Crippen LogP contribution is -2.41. The van der Waals surface area contributed by atoms with Crippen LogP contribution < -0.4 is 5.32 Å². The van der Waals surface area contributed by atoms with Crippen molar-refractivity contribution in [3.05, 3.63) is 40.9 Å². The molecule has 1 N–H and O–H groups in total. The first-order chi connectivity index (χ1) is 11.8. The summed E-state index contributed by atoms with van der Waals surface area (Å²) < 4.78 is 12.3. The molecule has 0 spiro atoms. The molecule has 0 aromatic heterocycles. The van der Waals surface area contributed by atoms with Crippen LogP contribution in [0.2, 0.25) is 0 Å². The predicted molar refractivity (Wildman–Crippen MR) is 109 cm³/mol. The average molecular weight is 359 g/mol. The molecule has 2 saturated heterocycles. The van der Waals surface area contributed by atoms with Crippen LogP contribution in [0.15, 0.2) is 29.7 Å². The van der Waals surface area contributed by atoms with Crippen LogP contribution >= 0.6 is 12.6 Å². The summed E-state index contributed by atoms with van der Waals surface area (Å²) in [6.07, 6.45) is 4.61. The van der Waals surface area contributed by atoms with E-state index in [9.17, 15) is 0 Å². The van der Waals surface area contributed by atoms with E-state index < -0.39 is 0 Å². The van der Waals surface area contributed by atoms with Gasteiger partial charge in [-0.2, -0.15) is 12.6 Å². The SMILES string of the molecule is CC1(C)OB(C(=Cc2ccc(C3CCNCC3)cc2)CS)OC1(C)C. The molecule has 0 bridgehead atoms. The zero-order chi connectivity index (χ0) is 18.1. The molecule has 2 heterocycles. The van der Waals surface area contributed by atoms with Gasteiger partial charge in [-0.05, 0) is 76.1 Å². The summed E-state index contributed by atoms with van der Waals surface area (Å²) in [6, 6.07) is 8.93. The Hall–Kier alpha value is -0.745. The highest BCUT2D eigenvalue weighted by Crippen LogP contribution is 2.39. The molecule has 0 atom stereocenters. The third-order valence-corrected chi connectivity index (χ3v) is 6.20. The van der Waals surface area contributed by atoms with Gasteiger partial charge in [0.05, 0.1) is 11.2 Å². The molecular weight excluding hydrogens is 329 g/mol. The third-order valence-electron chi connectivity index (χ3n) is 5.84. The fourth-order valence-electron chi connectivity index (χ4n) is 3.42. The minimum absolute atomic E-state index is 0.321. The highest BCUT2D eigenvalue weighted by atomic mass is 32.1. The Bertz CT molecular complexity index is 605. The number of benzene rings is 1. The van der Waals surface area contributed by atoms with Crippen LogP contribution in [-0.2, 0) is 9.31 Å². The first-order valence-electron chi connectivity index (χ1n) is 9.30. The van der Waals surface area contributed by atoms with Crippen molar-refractivity contribution in [2.24, 2.45) is 0 Å². The molecule has 5 heteroatoms. The molecule has 0 saturated carbocycles. The van der Waals surface area contributed by atoms with E-state index >= 15 is 0 Å². The summed E-state index contributed by atoms with van der Waals surface area (Å²) in [7, 11) is -0.327. The van der Waals surface area contributed by atoms with Gasteiger partial charge in [0.1, 0.15) is 0 Å². The third kappa shape index (κ3) is 4.16. The standard InChI is InChI=1S/C20H30BNO2S/c1-19(2)20(3,4)24-21(23-19)18(14-25)13-15-5-7-16(8-6-15)17-9-11-22-12-10-17/h5-8,13,17,22,25H,9-12,14H2,1-4H3. The molecule has 2 fully saturated rings. The van der Waals surface area contributed by atoms with E-state index in [1.807, 2.05) is 0 Å². The highest BCUT2D eigenvalue weighted by Gasteiger charge is 2.52. The second kappa shape index (κ2) is 7.47. The van der Waals surface area contributed by atoms with Crippen LogP contribution in [-0.4, -0.2) is 37.2 Å². The fourth-order valence-corrected chi connectivity index (χ4v) is 3.66. The Morgan fingerprint density at radius 3 is 2.20 bits per heavy atom. The number of hydrogen-bond acceptors (Lipinski definition) is 4. The summed E-state index contributed by atoms with van der Waals surface area (Å²) in [5.74, 6) is 1.30. The lowest BCUT2D eigenvalue weighted by molar-refractivity contribution is 0.00578. The maximum absolute atomic E-state index is 6.16. The molecule has 0 aliphatic carbocycles. The van der Waals surface area contributed by atoms with Crippen molar-refractivity contribution in [1.29, 1.82) is 0 Å². The molecule has 3 nitrogen and oxygen atoms in total. The topological polar surface area (TPSA) is 30.5 Å². The minimum Gasteiger partial charge on any atom is -0.400 e. The summed E-state index contributed by atoms with van der Waals surface area (Å²) >= 11 is 4.50. The first kappa shape index (κ1) is 19.0. The lowest BCUT2D eigenvalue weighted by atomic mass is 9.78. The molecule has 0 unspecified atom stereocenters. The van der Waals surface area contributed by atoms with Gasteiger partial charge in [0.25, 0.3) is 0 Å². The average Bonchev–Trinajstić information content (AvgIpc) is 2.81. The van der Waals surface area contributed by atoms with E-state index in [2.05, 4.69) is 76.0 Å². The molecular formula is C20H30BNO2S. The summed E-state index contributed by atoms with van der Waals surface area (Å²) in [6.45, 7) is 10.6. The highest BCUT2D eigenvalue weighted by molar-refractivity contribution is 7.80. The fraction of sp³-hybridized carbons (Fsp3) is 0.600. The van der Waals surface area contributed by atoms with Crippen molar-refractivity contribution in [1.82, 2.24) is 5.32 Å². The predicted octanol–water partition coefficient (Wildman–Crippen LogP) is 4.10. The zero-order valence-corrected chi connectivity index (χ0v) is 16.7. The molecule has 2 aliphatic rings. The summed E-state index contributed by atoms with van der Waals surface area (Å²) in [4.78, 5) is 0. The van der Waals surface area contributed by atoms with Crippen molar-refractivity contribution in [3.63, 3.8) is 0 Å². The molecule has 3 rings (SSSR count). The first-order valence-corrected chi connectivity index (χ1v) is 9.93. The molecule has 0 amide bonds. The van der Waals surface area contributed by atoms with Gasteiger partial charge in [-0.15, -0.1) is 0 Å². The van der Waals surface area contributed by atoms with Gasteiger partial charge >= 0.3 is 7.12 Å². The summed E-state index contributed by atoms with van der Waals surface area (Å²) in [5, 5.41) is 3.43.